The number of carboxylic acid groups (broad SMARTS) is 1. The van der Waals surface area contributed by atoms with Crippen molar-refractivity contribution in [3.8, 4) is 0 Å². The molecule has 0 radical (unpaired) electrons. The number of hydrogen-bond acceptors (Lipinski definition) is 3. The Labute approximate surface area is 110 Å². The second-order valence-corrected chi connectivity index (χ2v) is 5.83. The van der Waals surface area contributed by atoms with Gasteiger partial charge in [0.25, 0.3) is 0 Å². The Morgan fingerprint density at radius 1 is 1.39 bits per heavy atom. The standard InChI is InChI=1S/C14H26N2O2/c1-3-12-6-4-5-9-16(12)10-14(15-2,13(17)18)11-7-8-11/h11-12,15H,3-10H2,1-2H3,(H,17,18). The van der Waals surface area contributed by atoms with Crippen LogP contribution in [0.25, 0.3) is 0 Å². The third-order valence-electron chi connectivity index (χ3n) is 4.77. The molecule has 104 valence electrons. The van der Waals surface area contributed by atoms with Crippen LogP contribution in [0.15, 0.2) is 0 Å². The topological polar surface area (TPSA) is 52.6 Å². The van der Waals surface area contributed by atoms with Gasteiger partial charge in [-0.05, 0) is 51.6 Å². The maximum atomic E-state index is 11.7. The van der Waals surface area contributed by atoms with Crippen molar-refractivity contribution in [2.75, 3.05) is 20.1 Å². The number of nitrogens with one attached hydrogen (secondary N) is 1. The molecule has 1 saturated carbocycles. The number of nitrogens with zero attached hydrogens (tertiary/aromatic N) is 1. The van der Waals surface area contributed by atoms with Crippen molar-refractivity contribution in [1.29, 1.82) is 0 Å². The number of likely N-dealkylation sites (N-methyl/N-ethyl adjacent to an activating group) is 1. The predicted octanol–water partition coefficient (Wildman–Crippen LogP) is 1.70. The van der Waals surface area contributed by atoms with Crippen molar-refractivity contribution in [2.45, 2.75) is 57.0 Å². The van der Waals surface area contributed by atoms with Gasteiger partial charge in [-0.25, -0.2) is 0 Å². The zero-order valence-electron chi connectivity index (χ0n) is 11.6. The van der Waals surface area contributed by atoms with E-state index in [1.165, 1.54) is 19.3 Å². The molecule has 1 heterocycles. The molecule has 0 aromatic rings. The molecule has 1 saturated heterocycles. The van der Waals surface area contributed by atoms with Crippen molar-refractivity contribution in [2.24, 2.45) is 5.92 Å². The van der Waals surface area contributed by atoms with E-state index in [2.05, 4.69) is 17.1 Å². The SMILES string of the molecule is CCC1CCCCN1CC(NC)(C(=O)O)C1CC1. The first-order chi connectivity index (χ1) is 8.64. The van der Waals surface area contributed by atoms with Crippen molar-refractivity contribution in [1.82, 2.24) is 10.2 Å². The highest BCUT2D eigenvalue weighted by atomic mass is 16.4. The molecular weight excluding hydrogens is 228 g/mol. The van der Waals surface area contributed by atoms with Gasteiger partial charge in [0.15, 0.2) is 0 Å². The quantitative estimate of drug-likeness (QED) is 0.757. The molecule has 0 spiro atoms. The Kier molecular flexibility index (Phi) is 4.28. The van der Waals surface area contributed by atoms with Crippen molar-refractivity contribution in [3.63, 3.8) is 0 Å². The summed E-state index contributed by atoms with van der Waals surface area (Å²) in [5.74, 6) is -0.354. The summed E-state index contributed by atoms with van der Waals surface area (Å²) >= 11 is 0. The van der Waals surface area contributed by atoms with Crippen LogP contribution in [-0.4, -0.2) is 47.7 Å². The summed E-state index contributed by atoms with van der Waals surface area (Å²) in [6.07, 6.45) is 6.96. The van der Waals surface area contributed by atoms with Crippen molar-refractivity contribution >= 4 is 5.97 Å². The molecule has 0 bridgehead atoms. The van der Waals surface area contributed by atoms with Crippen LogP contribution < -0.4 is 5.32 Å². The van der Waals surface area contributed by atoms with Gasteiger partial charge in [-0.1, -0.05) is 13.3 Å². The molecule has 1 aliphatic carbocycles. The van der Waals surface area contributed by atoms with Gasteiger partial charge in [0.1, 0.15) is 5.54 Å². The molecule has 2 atom stereocenters. The number of rotatable bonds is 6. The van der Waals surface area contributed by atoms with Gasteiger partial charge in [-0.3, -0.25) is 9.69 Å². The third-order valence-corrected chi connectivity index (χ3v) is 4.77. The summed E-state index contributed by atoms with van der Waals surface area (Å²) in [7, 11) is 1.80. The van der Waals surface area contributed by atoms with E-state index in [4.69, 9.17) is 0 Å². The molecule has 18 heavy (non-hydrogen) atoms. The van der Waals surface area contributed by atoms with E-state index >= 15 is 0 Å². The summed E-state index contributed by atoms with van der Waals surface area (Å²) in [5.41, 5.74) is -0.717. The minimum Gasteiger partial charge on any atom is -0.480 e. The maximum absolute atomic E-state index is 11.7. The molecule has 2 N–H and O–H groups in total. The van der Waals surface area contributed by atoms with E-state index in [-0.39, 0.29) is 0 Å². The van der Waals surface area contributed by atoms with Crippen LogP contribution in [0.5, 0.6) is 0 Å². The van der Waals surface area contributed by atoms with E-state index in [0.717, 1.165) is 25.8 Å². The van der Waals surface area contributed by atoms with Crippen LogP contribution in [0.2, 0.25) is 0 Å². The summed E-state index contributed by atoms with van der Waals surface area (Å²) in [6.45, 7) is 3.94. The molecule has 2 aliphatic rings. The maximum Gasteiger partial charge on any atom is 0.325 e. The number of aliphatic carboxylic acids is 1. The average molecular weight is 254 g/mol. The summed E-state index contributed by atoms with van der Waals surface area (Å²) in [4.78, 5) is 14.1. The number of carboxylic acids is 1. The van der Waals surface area contributed by atoms with E-state index < -0.39 is 11.5 Å². The Bertz CT molecular complexity index is 304. The minimum atomic E-state index is -0.717. The molecule has 1 aliphatic heterocycles. The van der Waals surface area contributed by atoms with Crippen LogP contribution in [0, 0.1) is 5.92 Å². The largest absolute Gasteiger partial charge is 0.480 e. The smallest absolute Gasteiger partial charge is 0.325 e. The first-order valence-corrected chi connectivity index (χ1v) is 7.30. The lowest BCUT2D eigenvalue weighted by atomic mass is 9.89. The van der Waals surface area contributed by atoms with E-state index in [1.807, 2.05) is 0 Å². The lowest BCUT2D eigenvalue weighted by Gasteiger charge is -2.41. The molecule has 4 nitrogen and oxygen atoms in total. The van der Waals surface area contributed by atoms with Crippen LogP contribution in [0.1, 0.15) is 45.4 Å². The van der Waals surface area contributed by atoms with Gasteiger partial charge in [0, 0.05) is 12.6 Å². The Hall–Kier alpha value is -0.610. The van der Waals surface area contributed by atoms with E-state index in [9.17, 15) is 9.90 Å². The van der Waals surface area contributed by atoms with E-state index in [1.54, 1.807) is 7.05 Å². The normalized spacial score (nSPS) is 28.9. The zero-order valence-corrected chi connectivity index (χ0v) is 11.6. The zero-order chi connectivity index (χ0) is 13.2. The van der Waals surface area contributed by atoms with Gasteiger partial charge < -0.3 is 10.4 Å². The fraction of sp³-hybridized carbons (Fsp3) is 0.929. The lowest BCUT2D eigenvalue weighted by molar-refractivity contribution is -0.147. The van der Waals surface area contributed by atoms with Gasteiger partial charge in [0.05, 0.1) is 0 Å². The van der Waals surface area contributed by atoms with Crippen LogP contribution in [0.4, 0.5) is 0 Å². The first kappa shape index (κ1) is 13.8. The molecule has 0 amide bonds. The van der Waals surface area contributed by atoms with Crippen LogP contribution >= 0.6 is 0 Å². The second-order valence-electron chi connectivity index (χ2n) is 5.83. The van der Waals surface area contributed by atoms with Gasteiger partial charge >= 0.3 is 5.97 Å². The molecule has 0 aromatic heterocycles. The lowest BCUT2D eigenvalue weighted by Crippen LogP contribution is -2.61. The summed E-state index contributed by atoms with van der Waals surface area (Å²) in [5, 5.41) is 12.8. The first-order valence-electron chi connectivity index (χ1n) is 7.30. The van der Waals surface area contributed by atoms with Crippen molar-refractivity contribution in [3.05, 3.63) is 0 Å². The number of likely N-dealkylation sites (tertiary alicyclic amines) is 1. The fourth-order valence-electron chi connectivity index (χ4n) is 3.39. The summed E-state index contributed by atoms with van der Waals surface area (Å²) < 4.78 is 0. The van der Waals surface area contributed by atoms with Gasteiger partial charge in [-0.15, -0.1) is 0 Å². The van der Waals surface area contributed by atoms with Crippen molar-refractivity contribution < 1.29 is 9.90 Å². The molecule has 2 unspecified atom stereocenters. The molecule has 2 rings (SSSR count). The number of piperidine rings is 1. The van der Waals surface area contributed by atoms with Crippen LogP contribution in [-0.2, 0) is 4.79 Å². The minimum absolute atomic E-state index is 0.319. The third kappa shape index (κ3) is 2.54. The molecule has 4 heteroatoms. The fourth-order valence-corrected chi connectivity index (χ4v) is 3.39. The highest BCUT2D eigenvalue weighted by Gasteiger charge is 2.51. The number of carbonyl (C=O) groups is 1. The highest BCUT2D eigenvalue weighted by Crippen LogP contribution is 2.41. The Morgan fingerprint density at radius 2 is 2.11 bits per heavy atom. The second kappa shape index (κ2) is 5.57. The van der Waals surface area contributed by atoms with Gasteiger partial charge in [-0.2, -0.15) is 0 Å². The van der Waals surface area contributed by atoms with E-state index in [0.29, 0.717) is 18.5 Å². The molecule has 2 fully saturated rings. The monoisotopic (exact) mass is 254 g/mol. The Balaban J connectivity index is 2.09. The van der Waals surface area contributed by atoms with Crippen LogP contribution in [0.3, 0.4) is 0 Å². The predicted molar refractivity (Wildman–Crippen MR) is 71.7 cm³/mol. The van der Waals surface area contributed by atoms with Gasteiger partial charge in [0.2, 0.25) is 0 Å². The summed E-state index contributed by atoms with van der Waals surface area (Å²) in [6, 6.07) is 0.574. The molecule has 0 aromatic carbocycles. The highest BCUT2D eigenvalue weighted by molar-refractivity contribution is 5.80. The molecular formula is C14H26N2O2. The number of hydrogen-bond donors (Lipinski definition) is 2. The Morgan fingerprint density at radius 3 is 2.61 bits per heavy atom. The average Bonchev–Trinajstić information content (AvgIpc) is 3.20.